The molecule has 0 aliphatic rings. The highest BCUT2D eigenvalue weighted by atomic mass is 32.2. The van der Waals surface area contributed by atoms with E-state index in [-0.39, 0.29) is 17.7 Å². The second-order valence-electron chi connectivity index (χ2n) is 6.64. The molecule has 0 aliphatic heterocycles. The number of carbonyl (C=O) groups is 1. The van der Waals surface area contributed by atoms with Crippen molar-refractivity contribution in [1.29, 1.82) is 0 Å². The number of hydrogen-bond donors (Lipinski definition) is 1. The summed E-state index contributed by atoms with van der Waals surface area (Å²) in [5.74, 6) is 0.989. The SMILES string of the molecule is Cc1cccc(-c2nnc(SCC(=O)Nc3nc(C)c(C)s3)n2C(C)C)c1. The quantitative estimate of drug-likeness (QED) is 0.609. The van der Waals surface area contributed by atoms with Gasteiger partial charge in [0.05, 0.1) is 11.4 Å². The predicted molar refractivity (Wildman–Crippen MR) is 112 cm³/mol. The summed E-state index contributed by atoms with van der Waals surface area (Å²) in [6.45, 7) is 10.2. The van der Waals surface area contributed by atoms with Gasteiger partial charge in [0.25, 0.3) is 0 Å². The normalized spacial score (nSPS) is 11.2. The van der Waals surface area contributed by atoms with Gasteiger partial charge in [0, 0.05) is 16.5 Å². The number of anilines is 1. The standard InChI is InChI=1S/C19H23N5OS2/c1-11(2)24-17(15-8-6-7-12(3)9-15)22-23-19(24)26-10-16(25)21-18-20-13(4)14(5)27-18/h6-9,11H,10H2,1-5H3,(H,20,21,25). The van der Waals surface area contributed by atoms with Gasteiger partial charge < -0.3 is 5.32 Å². The van der Waals surface area contributed by atoms with E-state index in [1.54, 1.807) is 0 Å². The maximum Gasteiger partial charge on any atom is 0.236 e. The summed E-state index contributed by atoms with van der Waals surface area (Å²) in [6.07, 6.45) is 0. The molecule has 3 aromatic rings. The molecule has 0 fully saturated rings. The minimum Gasteiger partial charge on any atom is -0.301 e. The minimum absolute atomic E-state index is 0.0934. The summed E-state index contributed by atoms with van der Waals surface area (Å²) in [4.78, 5) is 17.7. The third-order valence-electron chi connectivity index (χ3n) is 4.06. The molecule has 0 aliphatic carbocycles. The molecule has 1 N–H and O–H groups in total. The average Bonchev–Trinajstić information content (AvgIpc) is 3.16. The first-order valence-electron chi connectivity index (χ1n) is 8.73. The number of thioether (sulfide) groups is 1. The monoisotopic (exact) mass is 401 g/mol. The van der Waals surface area contributed by atoms with E-state index in [2.05, 4.69) is 58.0 Å². The van der Waals surface area contributed by atoms with Crippen LogP contribution < -0.4 is 5.32 Å². The Morgan fingerprint density at radius 2 is 2.04 bits per heavy atom. The summed E-state index contributed by atoms with van der Waals surface area (Å²) in [5.41, 5.74) is 3.15. The van der Waals surface area contributed by atoms with Crippen molar-refractivity contribution in [1.82, 2.24) is 19.7 Å². The number of benzene rings is 1. The maximum absolute atomic E-state index is 12.3. The number of nitrogens with zero attached hydrogens (tertiary/aromatic N) is 4. The second-order valence-corrected chi connectivity index (χ2v) is 8.78. The van der Waals surface area contributed by atoms with Gasteiger partial charge in [-0.2, -0.15) is 0 Å². The van der Waals surface area contributed by atoms with Crippen molar-refractivity contribution in [3.05, 3.63) is 40.4 Å². The number of nitrogens with one attached hydrogen (secondary N) is 1. The van der Waals surface area contributed by atoms with Crippen LogP contribution in [-0.2, 0) is 4.79 Å². The lowest BCUT2D eigenvalue weighted by Gasteiger charge is -2.14. The third-order valence-corrected chi connectivity index (χ3v) is 6.00. The first-order chi connectivity index (χ1) is 12.8. The number of thiazole rings is 1. The fourth-order valence-electron chi connectivity index (χ4n) is 2.63. The average molecular weight is 402 g/mol. The highest BCUT2D eigenvalue weighted by Crippen LogP contribution is 2.28. The Hall–Kier alpha value is -2.19. The van der Waals surface area contributed by atoms with Crippen molar-refractivity contribution in [2.75, 3.05) is 11.1 Å². The molecule has 0 bridgehead atoms. The molecule has 142 valence electrons. The Labute approximate surface area is 167 Å². The van der Waals surface area contributed by atoms with Crippen LogP contribution in [0.1, 0.15) is 36.0 Å². The van der Waals surface area contributed by atoms with Crippen LogP contribution in [0.25, 0.3) is 11.4 Å². The Morgan fingerprint density at radius 3 is 2.67 bits per heavy atom. The molecular formula is C19H23N5OS2. The number of aryl methyl sites for hydroxylation is 3. The van der Waals surface area contributed by atoms with Gasteiger partial charge >= 0.3 is 0 Å². The lowest BCUT2D eigenvalue weighted by atomic mass is 10.1. The lowest BCUT2D eigenvalue weighted by Crippen LogP contribution is -2.15. The fraction of sp³-hybridized carbons (Fsp3) is 0.368. The number of hydrogen-bond acceptors (Lipinski definition) is 6. The molecule has 2 heterocycles. The van der Waals surface area contributed by atoms with Crippen molar-refractivity contribution in [3.8, 4) is 11.4 Å². The van der Waals surface area contributed by atoms with E-state index in [1.165, 1.54) is 28.7 Å². The summed E-state index contributed by atoms with van der Waals surface area (Å²) in [7, 11) is 0. The van der Waals surface area contributed by atoms with Crippen molar-refractivity contribution in [2.24, 2.45) is 0 Å². The second kappa shape index (κ2) is 8.22. The largest absolute Gasteiger partial charge is 0.301 e. The molecule has 1 aromatic carbocycles. The molecule has 0 saturated carbocycles. The molecule has 0 saturated heterocycles. The topological polar surface area (TPSA) is 72.7 Å². The van der Waals surface area contributed by atoms with Crippen molar-refractivity contribution in [2.45, 2.75) is 45.8 Å². The maximum atomic E-state index is 12.3. The molecule has 3 rings (SSSR count). The van der Waals surface area contributed by atoms with E-state index < -0.39 is 0 Å². The van der Waals surface area contributed by atoms with Gasteiger partial charge in [0.15, 0.2) is 16.1 Å². The Morgan fingerprint density at radius 1 is 1.26 bits per heavy atom. The first kappa shape index (κ1) is 19.6. The molecule has 0 atom stereocenters. The van der Waals surface area contributed by atoms with E-state index in [0.29, 0.717) is 5.13 Å². The Kier molecular flexibility index (Phi) is 5.96. The fourth-order valence-corrected chi connectivity index (χ4v) is 4.33. The van der Waals surface area contributed by atoms with Crippen molar-refractivity contribution >= 4 is 34.1 Å². The Bertz CT molecular complexity index is 941. The zero-order valence-electron chi connectivity index (χ0n) is 16.1. The third kappa shape index (κ3) is 4.56. The number of aromatic nitrogens is 4. The van der Waals surface area contributed by atoms with Crippen molar-refractivity contribution < 1.29 is 4.79 Å². The number of rotatable bonds is 6. The van der Waals surface area contributed by atoms with Crippen LogP contribution in [-0.4, -0.2) is 31.4 Å². The van der Waals surface area contributed by atoms with Gasteiger partial charge in [-0.25, -0.2) is 4.98 Å². The van der Waals surface area contributed by atoms with Crippen LogP contribution in [0.4, 0.5) is 5.13 Å². The van der Waals surface area contributed by atoms with Gasteiger partial charge in [0.1, 0.15) is 0 Å². The molecular weight excluding hydrogens is 378 g/mol. The summed E-state index contributed by atoms with van der Waals surface area (Å²) in [5, 5.41) is 12.9. The highest BCUT2D eigenvalue weighted by molar-refractivity contribution is 7.99. The molecule has 1 amide bonds. The number of carbonyl (C=O) groups excluding carboxylic acids is 1. The predicted octanol–water partition coefficient (Wildman–Crippen LogP) is 4.64. The van der Waals surface area contributed by atoms with Crippen LogP contribution in [0.2, 0.25) is 0 Å². The number of amides is 1. The van der Waals surface area contributed by atoms with Crippen LogP contribution >= 0.6 is 23.1 Å². The van der Waals surface area contributed by atoms with E-state index in [9.17, 15) is 4.79 Å². The Balaban J connectivity index is 1.74. The molecule has 0 radical (unpaired) electrons. The summed E-state index contributed by atoms with van der Waals surface area (Å²) < 4.78 is 2.07. The molecule has 2 aromatic heterocycles. The molecule has 6 nitrogen and oxygen atoms in total. The molecule has 0 unspecified atom stereocenters. The smallest absolute Gasteiger partial charge is 0.236 e. The van der Waals surface area contributed by atoms with Crippen LogP contribution in [0, 0.1) is 20.8 Å². The zero-order chi connectivity index (χ0) is 19.6. The van der Waals surface area contributed by atoms with E-state index >= 15 is 0 Å². The van der Waals surface area contributed by atoms with Gasteiger partial charge in [-0.3, -0.25) is 9.36 Å². The van der Waals surface area contributed by atoms with Crippen LogP contribution in [0.3, 0.4) is 0 Å². The molecule has 27 heavy (non-hydrogen) atoms. The summed E-state index contributed by atoms with van der Waals surface area (Å²) >= 11 is 2.88. The van der Waals surface area contributed by atoms with Crippen LogP contribution in [0.5, 0.6) is 0 Å². The lowest BCUT2D eigenvalue weighted by molar-refractivity contribution is -0.113. The van der Waals surface area contributed by atoms with E-state index in [4.69, 9.17) is 0 Å². The first-order valence-corrected chi connectivity index (χ1v) is 10.5. The summed E-state index contributed by atoms with van der Waals surface area (Å²) in [6, 6.07) is 8.39. The van der Waals surface area contributed by atoms with E-state index in [1.807, 2.05) is 26.0 Å². The van der Waals surface area contributed by atoms with Gasteiger partial charge in [-0.1, -0.05) is 35.5 Å². The van der Waals surface area contributed by atoms with Gasteiger partial charge in [-0.15, -0.1) is 21.5 Å². The minimum atomic E-state index is -0.0934. The zero-order valence-corrected chi connectivity index (χ0v) is 17.7. The van der Waals surface area contributed by atoms with Crippen molar-refractivity contribution in [3.63, 3.8) is 0 Å². The van der Waals surface area contributed by atoms with Gasteiger partial charge in [-0.05, 0) is 40.7 Å². The van der Waals surface area contributed by atoms with Gasteiger partial charge in [0.2, 0.25) is 5.91 Å². The molecule has 8 heteroatoms. The highest BCUT2D eigenvalue weighted by Gasteiger charge is 2.18. The van der Waals surface area contributed by atoms with Crippen LogP contribution in [0.15, 0.2) is 29.4 Å². The molecule has 0 spiro atoms. The van der Waals surface area contributed by atoms with E-state index in [0.717, 1.165) is 27.1 Å².